The van der Waals surface area contributed by atoms with Crippen molar-refractivity contribution in [2.45, 2.75) is 44.4 Å². The molecule has 0 radical (unpaired) electrons. The fourth-order valence-corrected chi connectivity index (χ4v) is 3.62. The van der Waals surface area contributed by atoms with Gasteiger partial charge in [-0.1, -0.05) is 0 Å². The standard InChI is InChI=1S/C16H21N3O2/c20-15(11-5-6-11)16(21)18-9-12-3-2-8-19(12)14-4-1-7-17-13(14)10-18/h1,4,7,11-12,15,20H,2-3,5-6,8-10H2/t12-,15?/m0/s1. The molecule has 1 unspecified atom stereocenters. The molecule has 3 aliphatic rings. The molecule has 21 heavy (non-hydrogen) atoms. The smallest absolute Gasteiger partial charge is 0.252 e. The fourth-order valence-electron chi connectivity index (χ4n) is 3.62. The van der Waals surface area contributed by atoms with E-state index >= 15 is 0 Å². The van der Waals surface area contributed by atoms with Gasteiger partial charge in [-0.3, -0.25) is 9.78 Å². The highest BCUT2D eigenvalue weighted by molar-refractivity contribution is 5.82. The monoisotopic (exact) mass is 287 g/mol. The van der Waals surface area contributed by atoms with E-state index in [2.05, 4.69) is 16.0 Å². The first-order valence-corrected chi connectivity index (χ1v) is 7.91. The fraction of sp³-hybridized carbons (Fsp3) is 0.625. The Balaban J connectivity index is 1.63. The maximum atomic E-state index is 12.6. The molecule has 4 rings (SSSR count). The van der Waals surface area contributed by atoms with E-state index in [-0.39, 0.29) is 11.8 Å². The molecule has 1 amide bonds. The summed E-state index contributed by atoms with van der Waals surface area (Å²) in [6, 6.07) is 4.43. The van der Waals surface area contributed by atoms with Crippen LogP contribution < -0.4 is 4.90 Å². The van der Waals surface area contributed by atoms with Crippen molar-refractivity contribution < 1.29 is 9.90 Å². The van der Waals surface area contributed by atoms with Crippen molar-refractivity contribution in [1.29, 1.82) is 0 Å². The molecule has 5 heteroatoms. The van der Waals surface area contributed by atoms with Crippen LogP contribution in [0.4, 0.5) is 5.69 Å². The van der Waals surface area contributed by atoms with Crippen molar-refractivity contribution in [2.24, 2.45) is 5.92 Å². The highest BCUT2D eigenvalue weighted by atomic mass is 16.3. The minimum atomic E-state index is -0.815. The molecule has 2 atom stereocenters. The molecule has 5 nitrogen and oxygen atoms in total. The predicted molar refractivity (Wildman–Crippen MR) is 78.8 cm³/mol. The number of rotatable bonds is 2. The molecule has 3 heterocycles. The number of aliphatic hydroxyl groups is 1. The number of hydrogen-bond acceptors (Lipinski definition) is 4. The molecule has 1 aromatic rings. The third-order valence-electron chi connectivity index (χ3n) is 4.96. The minimum Gasteiger partial charge on any atom is -0.383 e. The van der Waals surface area contributed by atoms with E-state index in [0.29, 0.717) is 19.1 Å². The number of anilines is 1. The first kappa shape index (κ1) is 13.1. The van der Waals surface area contributed by atoms with Crippen LogP contribution in [0.25, 0.3) is 0 Å². The second kappa shape index (κ2) is 4.98. The summed E-state index contributed by atoms with van der Waals surface area (Å²) in [5.41, 5.74) is 2.12. The van der Waals surface area contributed by atoms with Crippen LogP contribution >= 0.6 is 0 Å². The minimum absolute atomic E-state index is 0.108. The number of carbonyl (C=O) groups is 1. The quantitative estimate of drug-likeness (QED) is 0.887. The molecule has 1 aliphatic carbocycles. The van der Waals surface area contributed by atoms with Gasteiger partial charge in [0.2, 0.25) is 0 Å². The van der Waals surface area contributed by atoms with Crippen molar-refractivity contribution in [1.82, 2.24) is 9.88 Å². The lowest BCUT2D eigenvalue weighted by Gasteiger charge is -2.28. The number of aromatic nitrogens is 1. The molecule has 0 spiro atoms. The molecule has 2 aliphatic heterocycles. The van der Waals surface area contributed by atoms with Crippen LogP contribution in [0.2, 0.25) is 0 Å². The summed E-state index contributed by atoms with van der Waals surface area (Å²) in [4.78, 5) is 21.2. The largest absolute Gasteiger partial charge is 0.383 e. The summed E-state index contributed by atoms with van der Waals surface area (Å²) >= 11 is 0. The van der Waals surface area contributed by atoms with Gasteiger partial charge < -0.3 is 14.9 Å². The lowest BCUT2D eigenvalue weighted by Crippen LogP contribution is -2.44. The lowest BCUT2D eigenvalue weighted by molar-refractivity contribution is -0.142. The maximum Gasteiger partial charge on any atom is 0.252 e. The summed E-state index contributed by atoms with van der Waals surface area (Å²) in [7, 11) is 0. The number of aliphatic hydroxyl groups excluding tert-OH is 1. The Labute approximate surface area is 124 Å². The third kappa shape index (κ3) is 2.29. The van der Waals surface area contributed by atoms with Gasteiger partial charge >= 0.3 is 0 Å². The number of amides is 1. The van der Waals surface area contributed by atoms with Crippen LogP contribution in [0.3, 0.4) is 0 Å². The molecule has 1 N–H and O–H groups in total. The molecule has 112 valence electrons. The third-order valence-corrected chi connectivity index (χ3v) is 4.96. The number of carbonyl (C=O) groups excluding carboxylic acids is 1. The molecular weight excluding hydrogens is 266 g/mol. The zero-order chi connectivity index (χ0) is 14.4. The van der Waals surface area contributed by atoms with Gasteiger partial charge in [0.15, 0.2) is 0 Å². The average Bonchev–Trinajstić information content (AvgIpc) is 3.28. The summed E-state index contributed by atoms with van der Waals surface area (Å²) < 4.78 is 0. The van der Waals surface area contributed by atoms with E-state index < -0.39 is 6.10 Å². The molecular formula is C16H21N3O2. The van der Waals surface area contributed by atoms with E-state index in [0.717, 1.165) is 43.6 Å². The zero-order valence-corrected chi connectivity index (χ0v) is 12.1. The molecule has 1 saturated heterocycles. The number of nitrogens with zero attached hydrogens (tertiary/aromatic N) is 3. The summed E-state index contributed by atoms with van der Waals surface area (Å²) in [5.74, 6) is 0.0755. The Hall–Kier alpha value is -1.62. The average molecular weight is 287 g/mol. The van der Waals surface area contributed by atoms with E-state index in [1.165, 1.54) is 0 Å². The van der Waals surface area contributed by atoms with Gasteiger partial charge in [0.05, 0.1) is 17.9 Å². The SMILES string of the molecule is O=C(C(O)C1CC1)N1Cc2ncccc2N2CCC[C@H]2C1. The molecule has 0 aromatic carbocycles. The Bertz CT molecular complexity index is 558. The Morgan fingerprint density at radius 3 is 3.05 bits per heavy atom. The Morgan fingerprint density at radius 1 is 1.38 bits per heavy atom. The van der Waals surface area contributed by atoms with Crippen LogP contribution in [0.1, 0.15) is 31.4 Å². The van der Waals surface area contributed by atoms with E-state index in [1.807, 2.05) is 11.0 Å². The first-order valence-electron chi connectivity index (χ1n) is 7.91. The van der Waals surface area contributed by atoms with E-state index in [1.54, 1.807) is 6.20 Å². The number of hydrogen-bond donors (Lipinski definition) is 1. The van der Waals surface area contributed by atoms with Gasteiger partial charge in [-0.15, -0.1) is 0 Å². The van der Waals surface area contributed by atoms with Crippen LogP contribution in [-0.4, -0.2) is 46.1 Å². The van der Waals surface area contributed by atoms with Crippen LogP contribution in [0.15, 0.2) is 18.3 Å². The van der Waals surface area contributed by atoms with Crippen molar-refractivity contribution >= 4 is 11.6 Å². The Kier molecular flexibility index (Phi) is 3.10. The maximum absolute atomic E-state index is 12.6. The zero-order valence-electron chi connectivity index (χ0n) is 12.1. The van der Waals surface area contributed by atoms with Gasteiger partial charge in [0.1, 0.15) is 6.10 Å². The van der Waals surface area contributed by atoms with Gasteiger partial charge in [0.25, 0.3) is 5.91 Å². The molecule has 0 bridgehead atoms. The van der Waals surface area contributed by atoms with E-state index in [9.17, 15) is 9.90 Å². The van der Waals surface area contributed by atoms with Crippen molar-refractivity contribution in [3.05, 3.63) is 24.0 Å². The number of pyridine rings is 1. The van der Waals surface area contributed by atoms with Gasteiger partial charge in [0, 0.05) is 25.3 Å². The molecule has 1 aromatic heterocycles. The van der Waals surface area contributed by atoms with Crippen LogP contribution in [0, 0.1) is 5.92 Å². The van der Waals surface area contributed by atoms with Gasteiger partial charge in [-0.25, -0.2) is 0 Å². The van der Waals surface area contributed by atoms with Crippen molar-refractivity contribution in [3.8, 4) is 0 Å². The Morgan fingerprint density at radius 2 is 2.24 bits per heavy atom. The first-order chi connectivity index (χ1) is 10.2. The highest BCUT2D eigenvalue weighted by Crippen LogP contribution is 2.35. The van der Waals surface area contributed by atoms with Crippen molar-refractivity contribution in [2.75, 3.05) is 18.0 Å². The van der Waals surface area contributed by atoms with Crippen molar-refractivity contribution in [3.63, 3.8) is 0 Å². The second-order valence-corrected chi connectivity index (χ2v) is 6.46. The summed E-state index contributed by atoms with van der Waals surface area (Å²) in [5, 5.41) is 10.2. The summed E-state index contributed by atoms with van der Waals surface area (Å²) in [6.45, 7) is 2.27. The molecule has 2 fully saturated rings. The highest BCUT2D eigenvalue weighted by Gasteiger charge is 2.40. The normalized spacial score (nSPS) is 26.0. The van der Waals surface area contributed by atoms with Gasteiger partial charge in [-0.05, 0) is 43.7 Å². The topological polar surface area (TPSA) is 56.7 Å². The second-order valence-electron chi connectivity index (χ2n) is 6.46. The van der Waals surface area contributed by atoms with Crippen LogP contribution in [0.5, 0.6) is 0 Å². The van der Waals surface area contributed by atoms with Crippen LogP contribution in [-0.2, 0) is 11.3 Å². The number of fused-ring (bicyclic) bond motifs is 3. The van der Waals surface area contributed by atoms with Gasteiger partial charge in [-0.2, -0.15) is 0 Å². The molecule has 1 saturated carbocycles. The van der Waals surface area contributed by atoms with E-state index in [4.69, 9.17) is 0 Å². The predicted octanol–water partition coefficient (Wildman–Crippen LogP) is 1.16. The lowest BCUT2D eigenvalue weighted by atomic mass is 10.1. The summed E-state index contributed by atoms with van der Waals surface area (Å²) in [6.07, 6.45) is 5.19.